The van der Waals surface area contributed by atoms with Gasteiger partial charge in [-0.05, 0) is 30.7 Å². The average molecular weight is 401 g/mol. The summed E-state index contributed by atoms with van der Waals surface area (Å²) in [6.07, 6.45) is 4.81. The average Bonchev–Trinajstić information content (AvgIpc) is 3.06. The molecule has 0 radical (unpaired) electrons. The van der Waals surface area contributed by atoms with Gasteiger partial charge in [-0.15, -0.1) is 5.10 Å². The molecule has 2 heterocycles. The van der Waals surface area contributed by atoms with Crippen LogP contribution in [0, 0.1) is 0 Å². The molecule has 0 amide bonds. The summed E-state index contributed by atoms with van der Waals surface area (Å²) in [6, 6.07) is 9.84. The Labute approximate surface area is 153 Å². The number of carbonyl (C=O) groups excluding carboxylic acids is 1. The van der Waals surface area contributed by atoms with E-state index in [1.54, 1.807) is 4.68 Å². The molecule has 1 aliphatic carbocycles. The normalized spacial score (nSPS) is 19.0. The number of halogens is 1. The largest absolute Gasteiger partial charge is 0.465 e. The summed E-state index contributed by atoms with van der Waals surface area (Å²) in [5.41, 5.74) is 3.55. The molecule has 1 saturated carbocycles. The molecular weight excluding hydrogens is 384 g/mol. The van der Waals surface area contributed by atoms with E-state index >= 15 is 0 Å². The van der Waals surface area contributed by atoms with E-state index < -0.39 is 0 Å². The molecule has 0 bridgehead atoms. The van der Waals surface area contributed by atoms with Gasteiger partial charge in [-0.1, -0.05) is 27.2 Å². The van der Waals surface area contributed by atoms with E-state index in [1.807, 2.05) is 49.8 Å². The van der Waals surface area contributed by atoms with E-state index in [1.165, 1.54) is 7.11 Å². The molecule has 0 aliphatic heterocycles. The summed E-state index contributed by atoms with van der Waals surface area (Å²) in [5.74, 6) is 0.186. The lowest BCUT2D eigenvalue weighted by Gasteiger charge is -2.11. The maximum atomic E-state index is 12.2. The molecule has 7 heteroatoms. The molecule has 128 valence electrons. The Morgan fingerprint density at radius 1 is 1.32 bits per heavy atom. The van der Waals surface area contributed by atoms with Crippen molar-refractivity contribution < 1.29 is 9.53 Å². The molecule has 0 saturated heterocycles. The lowest BCUT2D eigenvalue weighted by molar-refractivity contribution is 0.0599. The maximum absolute atomic E-state index is 12.2. The van der Waals surface area contributed by atoms with Crippen molar-refractivity contribution in [2.75, 3.05) is 7.11 Å². The van der Waals surface area contributed by atoms with Crippen LogP contribution in [0.3, 0.4) is 0 Å². The summed E-state index contributed by atoms with van der Waals surface area (Å²) in [5, 5.41) is 8.25. The number of hydrogen-bond donors (Lipinski definition) is 0. The number of esters is 1. The molecule has 1 fully saturated rings. The van der Waals surface area contributed by atoms with Crippen LogP contribution in [0.25, 0.3) is 5.69 Å². The Bertz CT molecular complexity index is 946. The molecule has 25 heavy (non-hydrogen) atoms. The number of methoxy groups -OCH3 is 1. The second-order valence-corrected chi connectivity index (χ2v) is 7.14. The zero-order chi connectivity index (χ0) is 17.6. The third kappa shape index (κ3) is 2.89. The zero-order valence-corrected chi connectivity index (χ0v) is 15.5. The Morgan fingerprint density at radius 3 is 2.84 bits per heavy atom. The highest BCUT2D eigenvalue weighted by atomic mass is 79.9. The summed E-state index contributed by atoms with van der Waals surface area (Å²) >= 11 is 3.51. The molecule has 1 aromatic carbocycles. The van der Waals surface area contributed by atoms with Crippen LogP contribution in [0.1, 0.15) is 40.0 Å². The van der Waals surface area contributed by atoms with Gasteiger partial charge < -0.3 is 9.30 Å². The van der Waals surface area contributed by atoms with E-state index in [0.717, 1.165) is 28.0 Å². The van der Waals surface area contributed by atoms with Crippen LogP contribution in [-0.4, -0.2) is 32.6 Å². The van der Waals surface area contributed by atoms with Crippen molar-refractivity contribution in [2.45, 2.75) is 18.3 Å². The fraction of sp³-hybridized carbons (Fsp3) is 0.278. The molecule has 2 aromatic heterocycles. The van der Waals surface area contributed by atoms with Gasteiger partial charge in [0.05, 0.1) is 18.4 Å². The second-order valence-electron chi connectivity index (χ2n) is 6.22. The highest BCUT2D eigenvalue weighted by molar-refractivity contribution is 9.10. The van der Waals surface area contributed by atoms with Crippen molar-refractivity contribution in [3.8, 4) is 5.69 Å². The molecule has 4 rings (SSSR count). The second kappa shape index (κ2) is 6.15. The lowest BCUT2D eigenvalue weighted by atomic mass is 10.1. The smallest absolute Gasteiger partial charge is 0.339 e. The minimum atomic E-state index is -0.312. The van der Waals surface area contributed by atoms with E-state index in [-0.39, 0.29) is 17.8 Å². The number of benzene rings is 1. The van der Waals surface area contributed by atoms with Gasteiger partial charge in [0, 0.05) is 47.1 Å². The van der Waals surface area contributed by atoms with Crippen molar-refractivity contribution >= 4 is 21.9 Å². The van der Waals surface area contributed by atoms with Crippen molar-refractivity contribution in [3.05, 3.63) is 64.1 Å². The molecular formula is C18H17BrN4O2. The number of ether oxygens (including phenoxy) is 1. The predicted octanol–water partition coefficient (Wildman–Crippen LogP) is 3.43. The van der Waals surface area contributed by atoms with Gasteiger partial charge in [0.15, 0.2) is 0 Å². The summed E-state index contributed by atoms with van der Waals surface area (Å²) in [4.78, 5) is 12.2. The highest BCUT2D eigenvalue weighted by Crippen LogP contribution is 2.55. The van der Waals surface area contributed by atoms with Gasteiger partial charge in [-0.25, -0.2) is 4.79 Å². The monoisotopic (exact) mass is 400 g/mol. The molecule has 1 aliphatic rings. The van der Waals surface area contributed by atoms with Crippen molar-refractivity contribution in [3.63, 3.8) is 0 Å². The lowest BCUT2D eigenvalue weighted by Crippen LogP contribution is -2.07. The number of rotatable bonds is 4. The van der Waals surface area contributed by atoms with Gasteiger partial charge in [-0.3, -0.25) is 4.68 Å². The van der Waals surface area contributed by atoms with Gasteiger partial charge in [0.25, 0.3) is 0 Å². The first-order chi connectivity index (χ1) is 12.1. The van der Waals surface area contributed by atoms with E-state index in [9.17, 15) is 4.79 Å². The Balaban J connectivity index is 1.77. The molecule has 2 atom stereocenters. The van der Waals surface area contributed by atoms with Crippen LogP contribution in [-0.2, 0) is 11.8 Å². The first kappa shape index (κ1) is 16.1. The van der Waals surface area contributed by atoms with Gasteiger partial charge in [-0.2, -0.15) is 0 Å². The first-order valence-electron chi connectivity index (χ1n) is 8.00. The topological polar surface area (TPSA) is 61.9 Å². The minimum absolute atomic E-state index is 0.222. The zero-order valence-electron chi connectivity index (χ0n) is 13.9. The maximum Gasteiger partial charge on any atom is 0.339 e. The van der Waals surface area contributed by atoms with Gasteiger partial charge in [0.2, 0.25) is 0 Å². The van der Waals surface area contributed by atoms with Crippen LogP contribution >= 0.6 is 15.9 Å². The fourth-order valence-corrected chi connectivity index (χ4v) is 3.70. The van der Waals surface area contributed by atoms with Gasteiger partial charge in [0.1, 0.15) is 0 Å². The molecule has 0 N–H and O–H groups in total. The number of aryl methyl sites for hydroxylation is 1. The summed E-state index contributed by atoms with van der Waals surface area (Å²) in [6.45, 7) is 0. The van der Waals surface area contributed by atoms with Gasteiger partial charge >= 0.3 is 5.97 Å². The Morgan fingerprint density at radius 2 is 2.16 bits per heavy atom. The standard InChI is InChI=1S/C18H17BrN4O2/c1-22-10-16(20-21-22)14-9-15(14)17-13(18(24)25-2)6-7-23(17)12-5-3-4-11(19)8-12/h3-8,10,14-15H,9H2,1-2H3. The van der Waals surface area contributed by atoms with Crippen molar-refractivity contribution in [1.29, 1.82) is 0 Å². The molecule has 3 aromatic rings. The summed E-state index contributed by atoms with van der Waals surface area (Å²) < 4.78 is 9.75. The van der Waals surface area contributed by atoms with Crippen LogP contribution in [0.2, 0.25) is 0 Å². The van der Waals surface area contributed by atoms with E-state index in [4.69, 9.17) is 4.74 Å². The highest BCUT2D eigenvalue weighted by Gasteiger charge is 2.45. The van der Waals surface area contributed by atoms with Crippen LogP contribution < -0.4 is 0 Å². The number of carbonyl (C=O) groups is 1. The number of aromatic nitrogens is 4. The fourth-order valence-electron chi connectivity index (χ4n) is 3.32. The number of nitrogens with zero attached hydrogens (tertiary/aromatic N) is 4. The van der Waals surface area contributed by atoms with Crippen molar-refractivity contribution in [1.82, 2.24) is 19.6 Å². The van der Waals surface area contributed by atoms with E-state index in [0.29, 0.717) is 5.56 Å². The van der Waals surface area contributed by atoms with Crippen LogP contribution in [0.15, 0.2) is 47.2 Å². The summed E-state index contributed by atoms with van der Waals surface area (Å²) in [7, 11) is 3.27. The Kier molecular flexibility index (Phi) is 3.95. The van der Waals surface area contributed by atoms with Crippen LogP contribution in [0.5, 0.6) is 0 Å². The predicted molar refractivity (Wildman–Crippen MR) is 95.9 cm³/mol. The van der Waals surface area contributed by atoms with Crippen molar-refractivity contribution in [2.24, 2.45) is 7.05 Å². The number of hydrogen-bond acceptors (Lipinski definition) is 4. The third-order valence-electron chi connectivity index (χ3n) is 4.56. The third-order valence-corrected chi connectivity index (χ3v) is 5.05. The van der Waals surface area contributed by atoms with Crippen LogP contribution in [0.4, 0.5) is 0 Å². The molecule has 2 unspecified atom stereocenters. The Hall–Kier alpha value is -2.41. The van der Waals surface area contributed by atoms with E-state index in [2.05, 4.69) is 30.8 Å². The SMILES string of the molecule is COC(=O)c1ccn(-c2cccc(Br)c2)c1C1CC1c1cn(C)nn1. The molecule has 6 nitrogen and oxygen atoms in total. The molecule has 0 spiro atoms. The quantitative estimate of drug-likeness (QED) is 0.629. The minimum Gasteiger partial charge on any atom is -0.465 e. The first-order valence-corrected chi connectivity index (χ1v) is 8.79.